The average Bonchev–Trinajstić information content (AvgIpc) is 2.26. The predicted molar refractivity (Wildman–Crippen MR) is 69.9 cm³/mol. The number of fused-ring (bicyclic) bond motifs is 1. The second kappa shape index (κ2) is 3.42. The van der Waals surface area contributed by atoms with Crippen LogP contribution in [-0.4, -0.2) is 0 Å². The Kier molecular flexibility index (Phi) is 2.01. The van der Waals surface area contributed by atoms with Gasteiger partial charge >= 0.3 is 0 Å². The monoisotopic (exact) mass is 223 g/mol. The second-order valence-electron chi connectivity index (χ2n) is 4.33. The SMILES string of the molecule is Cc1c(N)cccc1-c1ccc2c(c1C)N=N2. The van der Waals surface area contributed by atoms with E-state index in [1.54, 1.807) is 0 Å². The Morgan fingerprint density at radius 1 is 0.882 bits per heavy atom. The Labute approximate surface area is 100.0 Å². The van der Waals surface area contributed by atoms with Crippen molar-refractivity contribution >= 4 is 17.1 Å². The minimum Gasteiger partial charge on any atom is -0.398 e. The summed E-state index contributed by atoms with van der Waals surface area (Å²) in [7, 11) is 0. The van der Waals surface area contributed by atoms with Crippen molar-refractivity contribution in [2.24, 2.45) is 10.2 Å². The van der Waals surface area contributed by atoms with Crippen LogP contribution in [0.15, 0.2) is 40.6 Å². The first-order valence-corrected chi connectivity index (χ1v) is 5.59. The van der Waals surface area contributed by atoms with Gasteiger partial charge in [-0.25, -0.2) is 0 Å². The van der Waals surface area contributed by atoms with Crippen LogP contribution in [-0.2, 0) is 0 Å². The summed E-state index contributed by atoms with van der Waals surface area (Å²) < 4.78 is 0. The molecular formula is C14H13N3. The zero-order chi connectivity index (χ0) is 12.0. The number of nitrogen functional groups attached to an aromatic ring is 1. The fraction of sp³-hybridized carbons (Fsp3) is 0.143. The van der Waals surface area contributed by atoms with Crippen molar-refractivity contribution in [3.63, 3.8) is 0 Å². The summed E-state index contributed by atoms with van der Waals surface area (Å²) in [6.07, 6.45) is 0. The van der Waals surface area contributed by atoms with Crippen LogP contribution < -0.4 is 5.73 Å². The van der Waals surface area contributed by atoms with Gasteiger partial charge in [0, 0.05) is 5.69 Å². The Hall–Kier alpha value is -2.16. The number of rotatable bonds is 1. The molecule has 1 aliphatic heterocycles. The summed E-state index contributed by atoms with van der Waals surface area (Å²) in [6, 6.07) is 10.1. The van der Waals surface area contributed by atoms with E-state index in [-0.39, 0.29) is 0 Å². The van der Waals surface area contributed by atoms with Gasteiger partial charge in [0.25, 0.3) is 0 Å². The van der Waals surface area contributed by atoms with Crippen molar-refractivity contribution in [1.82, 2.24) is 0 Å². The first-order chi connectivity index (χ1) is 8.18. The third-order valence-electron chi connectivity index (χ3n) is 3.33. The molecule has 17 heavy (non-hydrogen) atoms. The smallest absolute Gasteiger partial charge is 0.117 e. The number of benzene rings is 2. The molecule has 0 bridgehead atoms. The van der Waals surface area contributed by atoms with Gasteiger partial charge in [-0.2, -0.15) is 0 Å². The van der Waals surface area contributed by atoms with Gasteiger partial charge in [0.2, 0.25) is 0 Å². The standard InChI is InChI=1S/C14H13N3/c1-8-10(4-3-5-12(8)15)11-6-7-13-14(9(11)2)17-16-13/h3-7H,15H2,1-2H3. The maximum Gasteiger partial charge on any atom is 0.117 e. The lowest BCUT2D eigenvalue weighted by Crippen LogP contribution is -1.94. The van der Waals surface area contributed by atoms with Gasteiger partial charge in [-0.1, -0.05) is 18.2 Å². The molecule has 0 aliphatic carbocycles. The Bertz CT molecular complexity index is 642. The van der Waals surface area contributed by atoms with E-state index in [9.17, 15) is 0 Å². The first kappa shape index (κ1) is 10.0. The van der Waals surface area contributed by atoms with Crippen molar-refractivity contribution in [2.45, 2.75) is 13.8 Å². The molecule has 0 saturated carbocycles. The molecule has 0 atom stereocenters. The molecule has 2 N–H and O–H groups in total. The van der Waals surface area contributed by atoms with Crippen molar-refractivity contribution < 1.29 is 0 Å². The maximum absolute atomic E-state index is 5.95. The summed E-state index contributed by atoms with van der Waals surface area (Å²) in [5, 5.41) is 8.03. The highest BCUT2D eigenvalue weighted by atomic mass is 15.2. The zero-order valence-corrected chi connectivity index (χ0v) is 9.86. The first-order valence-electron chi connectivity index (χ1n) is 5.59. The minimum absolute atomic E-state index is 0.825. The maximum atomic E-state index is 5.95. The number of hydrogen-bond acceptors (Lipinski definition) is 3. The zero-order valence-electron chi connectivity index (χ0n) is 9.86. The number of anilines is 1. The van der Waals surface area contributed by atoms with Gasteiger partial charge in [-0.3, -0.25) is 0 Å². The molecule has 0 saturated heterocycles. The van der Waals surface area contributed by atoms with Gasteiger partial charge in [0.1, 0.15) is 11.4 Å². The van der Waals surface area contributed by atoms with E-state index >= 15 is 0 Å². The third-order valence-corrected chi connectivity index (χ3v) is 3.33. The molecule has 0 fully saturated rings. The molecule has 1 aliphatic rings. The molecule has 0 unspecified atom stereocenters. The minimum atomic E-state index is 0.825. The van der Waals surface area contributed by atoms with Gasteiger partial charge in [0.15, 0.2) is 0 Å². The highest BCUT2D eigenvalue weighted by Crippen LogP contribution is 2.44. The van der Waals surface area contributed by atoms with E-state index in [2.05, 4.69) is 29.3 Å². The molecule has 2 aromatic rings. The van der Waals surface area contributed by atoms with Crippen LogP contribution >= 0.6 is 0 Å². The van der Waals surface area contributed by atoms with E-state index in [0.717, 1.165) is 22.6 Å². The van der Waals surface area contributed by atoms with Crippen LogP contribution in [0.2, 0.25) is 0 Å². The van der Waals surface area contributed by atoms with E-state index in [1.807, 2.05) is 25.1 Å². The van der Waals surface area contributed by atoms with Gasteiger partial charge in [-0.05, 0) is 48.2 Å². The van der Waals surface area contributed by atoms with E-state index in [0.29, 0.717) is 0 Å². The molecule has 0 radical (unpaired) electrons. The quantitative estimate of drug-likeness (QED) is 0.615. The molecule has 0 amide bonds. The van der Waals surface area contributed by atoms with Crippen LogP contribution in [0, 0.1) is 13.8 Å². The van der Waals surface area contributed by atoms with E-state index in [4.69, 9.17) is 5.73 Å². The van der Waals surface area contributed by atoms with Crippen LogP contribution in [0.3, 0.4) is 0 Å². The van der Waals surface area contributed by atoms with Crippen LogP contribution in [0.1, 0.15) is 11.1 Å². The van der Waals surface area contributed by atoms with Crippen molar-refractivity contribution in [1.29, 1.82) is 0 Å². The van der Waals surface area contributed by atoms with Crippen molar-refractivity contribution in [2.75, 3.05) is 5.73 Å². The third kappa shape index (κ3) is 1.35. The number of nitrogens with zero attached hydrogens (tertiary/aromatic N) is 2. The number of azo groups is 1. The Balaban J connectivity index is 2.24. The molecule has 0 aromatic heterocycles. The van der Waals surface area contributed by atoms with Crippen LogP contribution in [0.5, 0.6) is 0 Å². The second-order valence-corrected chi connectivity index (χ2v) is 4.33. The summed E-state index contributed by atoms with van der Waals surface area (Å²) in [5.41, 5.74) is 13.4. The Morgan fingerprint density at radius 2 is 1.65 bits per heavy atom. The van der Waals surface area contributed by atoms with Crippen LogP contribution in [0.25, 0.3) is 11.1 Å². The molecule has 2 aromatic carbocycles. The van der Waals surface area contributed by atoms with E-state index < -0.39 is 0 Å². The summed E-state index contributed by atoms with van der Waals surface area (Å²) in [6.45, 7) is 4.12. The van der Waals surface area contributed by atoms with Gasteiger partial charge < -0.3 is 5.73 Å². The normalized spacial score (nSPS) is 12.1. The molecule has 3 heteroatoms. The fourth-order valence-corrected chi connectivity index (χ4v) is 2.19. The lowest BCUT2D eigenvalue weighted by atomic mass is 9.94. The molecular weight excluding hydrogens is 210 g/mol. The molecule has 3 rings (SSSR count). The highest BCUT2D eigenvalue weighted by Gasteiger charge is 2.17. The molecule has 0 spiro atoms. The lowest BCUT2D eigenvalue weighted by Gasteiger charge is -2.16. The number of nitrogens with two attached hydrogens (primary N) is 1. The average molecular weight is 223 g/mol. The highest BCUT2D eigenvalue weighted by molar-refractivity contribution is 5.83. The molecule has 1 heterocycles. The van der Waals surface area contributed by atoms with Crippen LogP contribution in [0.4, 0.5) is 17.1 Å². The topological polar surface area (TPSA) is 50.7 Å². The summed E-state index contributed by atoms with van der Waals surface area (Å²) in [5.74, 6) is 0. The summed E-state index contributed by atoms with van der Waals surface area (Å²) >= 11 is 0. The largest absolute Gasteiger partial charge is 0.398 e. The lowest BCUT2D eigenvalue weighted by molar-refractivity contribution is 1.12. The van der Waals surface area contributed by atoms with E-state index in [1.165, 1.54) is 16.7 Å². The predicted octanol–water partition coefficient (Wildman–Crippen LogP) is 4.28. The molecule has 3 nitrogen and oxygen atoms in total. The molecule has 84 valence electrons. The van der Waals surface area contributed by atoms with Gasteiger partial charge in [0.05, 0.1) is 0 Å². The summed E-state index contributed by atoms with van der Waals surface area (Å²) in [4.78, 5) is 0. The number of hydrogen-bond donors (Lipinski definition) is 1. The Morgan fingerprint density at radius 3 is 2.35 bits per heavy atom. The fourth-order valence-electron chi connectivity index (χ4n) is 2.19. The van der Waals surface area contributed by atoms with Crippen molar-refractivity contribution in [3.8, 4) is 11.1 Å². The van der Waals surface area contributed by atoms with Gasteiger partial charge in [-0.15, -0.1) is 10.2 Å². The van der Waals surface area contributed by atoms with Crippen molar-refractivity contribution in [3.05, 3.63) is 41.5 Å².